The number of nitrogens with zero attached hydrogens (tertiary/aromatic N) is 1. The lowest BCUT2D eigenvalue weighted by Crippen LogP contribution is -2.43. The quantitative estimate of drug-likeness (QED) is 0.673. The lowest BCUT2D eigenvalue weighted by Gasteiger charge is -2.19. The molecule has 0 aliphatic carbocycles. The van der Waals surface area contributed by atoms with E-state index in [2.05, 4.69) is 10.0 Å². The molecule has 1 aliphatic rings. The van der Waals surface area contributed by atoms with E-state index in [-0.39, 0.29) is 17.8 Å². The maximum atomic E-state index is 11.8. The van der Waals surface area contributed by atoms with Gasteiger partial charge >= 0.3 is 0 Å². The summed E-state index contributed by atoms with van der Waals surface area (Å²) in [6, 6.07) is 0.0884. The van der Waals surface area contributed by atoms with Crippen LogP contribution in [0.25, 0.3) is 0 Å². The van der Waals surface area contributed by atoms with Crippen LogP contribution in [-0.2, 0) is 10.0 Å². The SMILES string of the molecule is CC(CN(C)C)NS(=O)(=O)CC1CCCN1. The molecule has 0 aromatic heterocycles. The van der Waals surface area contributed by atoms with Crippen molar-refractivity contribution >= 4 is 10.0 Å². The number of hydrogen-bond donors (Lipinski definition) is 2. The Kier molecular flexibility index (Phi) is 5.17. The molecule has 96 valence electrons. The van der Waals surface area contributed by atoms with E-state index in [1.807, 2.05) is 25.9 Å². The highest BCUT2D eigenvalue weighted by molar-refractivity contribution is 7.89. The van der Waals surface area contributed by atoms with Gasteiger partial charge in [0, 0.05) is 18.6 Å². The minimum atomic E-state index is -3.15. The summed E-state index contributed by atoms with van der Waals surface area (Å²) in [7, 11) is 0.719. The van der Waals surface area contributed by atoms with Gasteiger partial charge in [0.25, 0.3) is 0 Å². The smallest absolute Gasteiger partial charge is 0.213 e. The van der Waals surface area contributed by atoms with Gasteiger partial charge in [-0.25, -0.2) is 13.1 Å². The molecule has 0 aromatic rings. The second-order valence-corrected chi connectivity index (χ2v) is 6.65. The monoisotopic (exact) mass is 249 g/mol. The maximum Gasteiger partial charge on any atom is 0.213 e. The van der Waals surface area contributed by atoms with Crippen molar-refractivity contribution in [2.45, 2.75) is 31.8 Å². The van der Waals surface area contributed by atoms with Crippen LogP contribution in [0.4, 0.5) is 0 Å². The second-order valence-electron chi connectivity index (χ2n) is 4.86. The van der Waals surface area contributed by atoms with E-state index < -0.39 is 10.0 Å². The average molecular weight is 249 g/mol. The van der Waals surface area contributed by atoms with Crippen LogP contribution in [0.2, 0.25) is 0 Å². The molecule has 2 unspecified atom stereocenters. The standard InChI is InChI=1S/C10H23N3O2S/c1-9(7-13(2)3)12-16(14,15)8-10-5-4-6-11-10/h9-12H,4-8H2,1-3H3. The Morgan fingerprint density at radius 3 is 2.69 bits per heavy atom. The van der Waals surface area contributed by atoms with Gasteiger partial charge in [-0.1, -0.05) is 0 Å². The number of nitrogens with one attached hydrogen (secondary N) is 2. The van der Waals surface area contributed by atoms with Crippen LogP contribution in [0.1, 0.15) is 19.8 Å². The van der Waals surface area contributed by atoms with Crippen molar-refractivity contribution in [2.75, 3.05) is 32.9 Å². The molecule has 0 radical (unpaired) electrons. The Labute approximate surface area is 98.6 Å². The van der Waals surface area contributed by atoms with Gasteiger partial charge in [0.2, 0.25) is 10.0 Å². The number of hydrogen-bond acceptors (Lipinski definition) is 4. The van der Waals surface area contributed by atoms with Gasteiger partial charge in [0.05, 0.1) is 5.75 Å². The van der Waals surface area contributed by atoms with Crippen molar-refractivity contribution in [3.8, 4) is 0 Å². The van der Waals surface area contributed by atoms with Crippen LogP contribution in [-0.4, -0.2) is 58.3 Å². The summed E-state index contributed by atoms with van der Waals surface area (Å²) in [5.74, 6) is 0.199. The Morgan fingerprint density at radius 2 is 2.19 bits per heavy atom. The van der Waals surface area contributed by atoms with E-state index >= 15 is 0 Å². The molecule has 1 fully saturated rings. The van der Waals surface area contributed by atoms with Crippen molar-refractivity contribution in [2.24, 2.45) is 0 Å². The largest absolute Gasteiger partial charge is 0.313 e. The summed E-state index contributed by atoms with van der Waals surface area (Å²) in [4.78, 5) is 1.97. The van der Waals surface area contributed by atoms with Crippen molar-refractivity contribution < 1.29 is 8.42 Å². The molecule has 16 heavy (non-hydrogen) atoms. The van der Waals surface area contributed by atoms with E-state index in [9.17, 15) is 8.42 Å². The molecule has 2 N–H and O–H groups in total. The van der Waals surface area contributed by atoms with E-state index in [0.29, 0.717) is 0 Å². The fraction of sp³-hybridized carbons (Fsp3) is 1.00. The third-order valence-electron chi connectivity index (χ3n) is 2.60. The highest BCUT2D eigenvalue weighted by Crippen LogP contribution is 2.07. The van der Waals surface area contributed by atoms with Gasteiger partial charge in [-0.3, -0.25) is 0 Å². The minimum absolute atomic E-state index is 0.0404. The molecule has 6 heteroatoms. The number of rotatable bonds is 6. The highest BCUT2D eigenvalue weighted by atomic mass is 32.2. The predicted molar refractivity (Wildman–Crippen MR) is 66.0 cm³/mol. The molecule has 0 aromatic carbocycles. The Hall–Kier alpha value is -0.170. The average Bonchev–Trinajstić information content (AvgIpc) is 2.51. The molecule has 1 rings (SSSR count). The van der Waals surface area contributed by atoms with E-state index in [4.69, 9.17) is 0 Å². The zero-order valence-corrected chi connectivity index (χ0v) is 11.2. The lowest BCUT2D eigenvalue weighted by atomic mass is 10.3. The fourth-order valence-corrected chi connectivity index (χ4v) is 3.70. The first-order valence-corrected chi connectivity index (χ1v) is 7.42. The second kappa shape index (κ2) is 5.95. The number of sulfonamides is 1. The molecular formula is C10H23N3O2S. The molecule has 0 saturated carbocycles. The van der Waals surface area contributed by atoms with Gasteiger partial charge in [-0.15, -0.1) is 0 Å². The first kappa shape index (κ1) is 13.9. The van der Waals surface area contributed by atoms with Gasteiger partial charge in [-0.2, -0.15) is 0 Å². The van der Waals surface area contributed by atoms with E-state index in [1.54, 1.807) is 0 Å². The van der Waals surface area contributed by atoms with Crippen LogP contribution >= 0.6 is 0 Å². The molecule has 0 amide bonds. The first-order valence-electron chi connectivity index (χ1n) is 5.77. The predicted octanol–water partition coefficient (Wildman–Crippen LogP) is -0.392. The van der Waals surface area contributed by atoms with E-state index in [0.717, 1.165) is 25.9 Å². The van der Waals surface area contributed by atoms with Crippen molar-refractivity contribution in [3.05, 3.63) is 0 Å². The summed E-state index contributed by atoms with van der Waals surface area (Å²) in [6.07, 6.45) is 2.04. The van der Waals surface area contributed by atoms with Crippen LogP contribution in [0.5, 0.6) is 0 Å². The van der Waals surface area contributed by atoms with Crippen LogP contribution in [0, 0.1) is 0 Å². The van der Waals surface area contributed by atoms with Crippen molar-refractivity contribution in [1.82, 2.24) is 14.9 Å². The Morgan fingerprint density at radius 1 is 1.50 bits per heavy atom. The van der Waals surface area contributed by atoms with Gasteiger partial charge in [-0.05, 0) is 40.4 Å². The number of likely N-dealkylation sites (N-methyl/N-ethyl adjacent to an activating group) is 1. The molecule has 5 nitrogen and oxygen atoms in total. The summed E-state index contributed by atoms with van der Waals surface area (Å²) >= 11 is 0. The molecule has 1 saturated heterocycles. The fourth-order valence-electron chi connectivity index (χ4n) is 2.10. The minimum Gasteiger partial charge on any atom is -0.313 e. The third-order valence-corrected chi connectivity index (χ3v) is 4.21. The highest BCUT2D eigenvalue weighted by Gasteiger charge is 2.23. The Bertz CT molecular complexity index is 297. The zero-order chi connectivity index (χ0) is 12.2. The van der Waals surface area contributed by atoms with Crippen LogP contribution < -0.4 is 10.0 Å². The summed E-state index contributed by atoms with van der Waals surface area (Å²) in [6.45, 7) is 3.55. The lowest BCUT2D eigenvalue weighted by molar-refractivity contribution is 0.370. The molecular weight excluding hydrogens is 226 g/mol. The Balaban J connectivity index is 2.38. The topological polar surface area (TPSA) is 61.4 Å². The maximum absolute atomic E-state index is 11.8. The summed E-state index contributed by atoms with van der Waals surface area (Å²) in [5.41, 5.74) is 0. The molecule has 2 atom stereocenters. The zero-order valence-electron chi connectivity index (χ0n) is 10.4. The molecule has 0 spiro atoms. The summed E-state index contributed by atoms with van der Waals surface area (Å²) < 4.78 is 26.3. The third kappa shape index (κ3) is 5.25. The summed E-state index contributed by atoms with van der Waals surface area (Å²) in [5, 5.41) is 3.20. The normalized spacial score (nSPS) is 23.9. The molecule has 1 heterocycles. The van der Waals surface area contributed by atoms with Crippen LogP contribution in [0.3, 0.4) is 0 Å². The first-order chi connectivity index (χ1) is 7.39. The molecule has 0 bridgehead atoms. The molecule has 1 aliphatic heterocycles. The van der Waals surface area contributed by atoms with Crippen molar-refractivity contribution in [3.63, 3.8) is 0 Å². The van der Waals surface area contributed by atoms with E-state index in [1.165, 1.54) is 0 Å². The van der Waals surface area contributed by atoms with Crippen LogP contribution in [0.15, 0.2) is 0 Å². The van der Waals surface area contributed by atoms with Crippen molar-refractivity contribution in [1.29, 1.82) is 0 Å². The van der Waals surface area contributed by atoms with Gasteiger partial charge in [0.15, 0.2) is 0 Å². The van der Waals surface area contributed by atoms with Gasteiger partial charge in [0.1, 0.15) is 0 Å². The van der Waals surface area contributed by atoms with Gasteiger partial charge < -0.3 is 10.2 Å².